The molecule has 108 valence electrons. The van der Waals surface area contributed by atoms with Gasteiger partial charge in [-0.2, -0.15) is 0 Å². The molecule has 1 aromatic rings. The number of rotatable bonds is 2. The molecule has 0 saturated heterocycles. The van der Waals surface area contributed by atoms with Gasteiger partial charge in [0, 0.05) is 29.3 Å². The zero-order chi connectivity index (χ0) is 14.5. The largest absolute Gasteiger partial charge is 0.336 e. The Morgan fingerprint density at radius 2 is 2.20 bits per heavy atom. The molecule has 1 saturated carbocycles. The molecule has 20 heavy (non-hydrogen) atoms. The first-order chi connectivity index (χ1) is 9.36. The second-order valence-electron chi connectivity index (χ2n) is 5.54. The van der Waals surface area contributed by atoms with Crippen LogP contribution in [-0.2, 0) is 26.8 Å². The van der Waals surface area contributed by atoms with Crippen LogP contribution in [0.4, 0.5) is 0 Å². The molecule has 7 heteroatoms. The van der Waals surface area contributed by atoms with Crippen molar-refractivity contribution in [2.75, 3.05) is 6.54 Å². The van der Waals surface area contributed by atoms with Gasteiger partial charge in [0.05, 0.1) is 12.2 Å². The molecule has 1 amide bonds. The lowest BCUT2D eigenvalue weighted by Gasteiger charge is -2.28. The van der Waals surface area contributed by atoms with Gasteiger partial charge in [-0.25, -0.2) is 8.42 Å². The SMILES string of the molecule is CC1CC1C(=O)N1CCc2cc(S(=O)(=O)Cl)cnc2C1. The maximum atomic E-state index is 12.2. The van der Waals surface area contributed by atoms with Crippen LogP contribution in [0.5, 0.6) is 0 Å². The van der Waals surface area contributed by atoms with Crippen LogP contribution >= 0.6 is 10.7 Å². The van der Waals surface area contributed by atoms with Gasteiger partial charge in [0.25, 0.3) is 9.05 Å². The average molecular weight is 315 g/mol. The molecule has 1 aliphatic heterocycles. The molecule has 3 rings (SSSR count). The number of carbonyl (C=O) groups is 1. The van der Waals surface area contributed by atoms with Crippen molar-refractivity contribution in [2.45, 2.75) is 31.2 Å². The number of hydrogen-bond acceptors (Lipinski definition) is 4. The van der Waals surface area contributed by atoms with E-state index in [0.29, 0.717) is 25.4 Å². The molecule has 1 aromatic heterocycles. The Morgan fingerprint density at radius 3 is 2.80 bits per heavy atom. The topological polar surface area (TPSA) is 67.3 Å². The van der Waals surface area contributed by atoms with Crippen LogP contribution in [0.15, 0.2) is 17.2 Å². The number of aromatic nitrogens is 1. The van der Waals surface area contributed by atoms with Gasteiger partial charge in [0.15, 0.2) is 0 Å². The van der Waals surface area contributed by atoms with Gasteiger partial charge in [-0.05, 0) is 30.4 Å². The third-order valence-electron chi connectivity index (χ3n) is 4.05. The molecule has 0 bridgehead atoms. The summed E-state index contributed by atoms with van der Waals surface area (Å²) in [4.78, 5) is 18.2. The highest BCUT2D eigenvalue weighted by Gasteiger charge is 2.42. The summed E-state index contributed by atoms with van der Waals surface area (Å²) >= 11 is 0. The number of halogens is 1. The highest BCUT2D eigenvalue weighted by atomic mass is 35.7. The Balaban J connectivity index is 1.81. The monoisotopic (exact) mass is 314 g/mol. The fraction of sp³-hybridized carbons (Fsp3) is 0.538. The third-order valence-corrected chi connectivity index (χ3v) is 5.37. The normalized spacial score (nSPS) is 25.2. The van der Waals surface area contributed by atoms with Crippen molar-refractivity contribution in [3.05, 3.63) is 23.5 Å². The highest BCUT2D eigenvalue weighted by molar-refractivity contribution is 8.13. The smallest absolute Gasteiger partial charge is 0.262 e. The Kier molecular flexibility index (Phi) is 3.25. The zero-order valence-electron chi connectivity index (χ0n) is 11.0. The van der Waals surface area contributed by atoms with Gasteiger partial charge in [-0.1, -0.05) is 6.92 Å². The summed E-state index contributed by atoms with van der Waals surface area (Å²) in [5.41, 5.74) is 1.63. The summed E-state index contributed by atoms with van der Waals surface area (Å²) in [5, 5.41) is 0. The zero-order valence-corrected chi connectivity index (χ0v) is 12.6. The molecule has 2 heterocycles. The Labute approximate surface area is 122 Å². The van der Waals surface area contributed by atoms with E-state index in [0.717, 1.165) is 17.7 Å². The number of fused-ring (bicyclic) bond motifs is 1. The van der Waals surface area contributed by atoms with Crippen molar-refractivity contribution < 1.29 is 13.2 Å². The number of amides is 1. The van der Waals surface area contributed by atoms with Crippen molar-refractivity contribution in [2.24, 2.45) is 11.8 Å². The second kappa shape index (κ2) is 4.70. The van der Waals surface area contributed by atoms with E-state index in [1.807, 2.05) is 4.90 Å². The molecule has 0 N–H and O–H groups in total. The molecule has 2 unspecified atom stereocenters. The van der Waals surface area contributed by atoms with E-state index in [9.17, 15) is 13.2 Å². The maximum Gasteiger partial charge on any atom is 0.262 e. The number of nitrogens with zero attached hydrogens (tertiary/aromatic N) is 2. The summed E-state index contributed by atoms with van der Waals surface area (Å²) in [6.07, 6.45) is 2.85. The molecule has 1 fully saturated rings. The number of carbonyl (C=O) groups excluding carboxylic acids is 1. The van der Waals surface area contributed by atoms with E-state index in [1.165, 1.54) is 6.20 Å². The van der Waals surface area contributed by atoms with E-state index < -0.39 is 9.05 Å². The van der Waals surface area contributed by atoms with Crippen molar-refractivity contribution >= 4 is 25.6 Å². The molecule has 5 nitrogen and oxygen atoms in total. The van der Waals surface area contributed by atoms with Gasteiger partial charge in [0.1, 0.15) is 4.90 Å². The summed E-state index contributed by atoms with van der Waals surface area (Å²) in [6.45, 7) is 3.15. The second-order valence-corrected chi connectivity index (χ2v) is 8.11. The molecular weight excluding hydrogens is 300 g/mol. The lowest BCUT2D eigenvalue weighted by Crippen LogP contribution is -2.37. The van der Waals surface area contributed by atoms with Crippen LogP contribution in [0.1, 0.15) is 24.6 Å². The average Bonchev–Trinajstić information content (AvgIpc) is 3.12. The van der Waals surface area contributed by atoms with Gasteiger partial charge >= 0.3 is 0 Å². The Morgan fingerprint density at radius 1 is 1.50 bits per heavy atom. The first-order valence-electron chi connectivity index (χ1n) is 6.57. The molecule has 0 radical (unpaired) electrons. The lowest BCUT2D eigenvalue weighted by atomic mass is 10.0. The van der Waals surface area contributed by atoms with Crippen molar-refractivity contribution in [1.82, 2.24) is 9.88 Å². The first-order valence-corrected chi connectivity index (χ1v) is 8.88. The molecule has 2 atom stereocenters. The molecule has 0 aromatic carbocycles. The van der Waals surface area contributed by atoms with E-state index >= 15 is 0 Å². The molecule has 1 aliphatic carbocycles. The van der Waals surface area contributed by atoms with Crippen LogP contribution in [0, 0.1) is 11.8 Å². The summed E-state index contributed by atoms with van der Waals surface area (Å²) in [5.74, 6) is 0.846. The van der Waals surface area contributed by atoms with Crippen molar-refractivity contribution in [1.29, 1.82) is 0 Å². The third kappa shape index (κ3) is 2.54. The van der Waals surface area contributed by atoms with E-state index in [4.69, 9.17) is 10.7 Å². The standard InChI is InChI=1S/C13H15ClN2O3S/c1-8-4-11(8)13(17)16-3-2-9-5-10(20(14,18)19)6-15-12(9)7-16/h5-6,8,11H,2-4,7H2,1H3. The van der Waals surface area contributed by atoms with Crippen LogP contribution in [0.25, 0.3) is 0 Å². The number of pyridine rings is 1. The quantitative estimate of drug-likeness (QED) is 0.777. The lowest BCUT2D eigenvalue weighted by molar-refractivity contribution is -0.133. The van der Waals surface area contributed by atoms with Crippen LogP contribution < -0.4 is 0 Å². The maximum absolute atomic E-state index is 12.2. The van der Waals surface area contributed by atoms with Gasteiger partial charge < -0.3 is 4.90 Å². The van der Waals surface area contributed by atoms with Crippen LogP contribution in [0.2, 0.25) is 0 Å². The van der Waals surface area contributed by atoms with E-state index in [1.54, 1.807) is 6.07 Å². The summed E-state index contributed by atoms with van der Waals surface area (Å²) < 4.78 is 22.6. The molecule has 2 aliphatic rings. The van der Waals surface area contributed by atoms with Crippen LogP contribution in [0.3, 0.4) is 0 Å². The minimum absolute atomic E-state index is 0.0218. The predicted molar refractivity (Wildman–Crippen MR) is 73.7 cm³/mol. The van der Waals surface area contributed by atoms with Crippen molar-refractivity contribution in [3.63, 3.8) is 0 Å². The van der Waals surface area contributed by atoms with Gasteiger partial charge in [-0.3, -0.25) is 9.78 Å². The summed E-state index contributed by atoms with van der Waals surface area (Å²) in [7, 11) is 1.57. The van der Waals surface area contributed by atoms with Gasteiger partial charge in [-0.15, -0.1) is 0 Å². The van der Waals surface area contributed by atoms with Gasteiger partial charge in [0.2, 0.25) is 5.91 Å². The predicted octanol–water partition coefficient (Wildman–Crippen LogP) is 1.55. The Bertz CT molecular complexity index is 674. The fourth-order valence-corrected chi connectivity index (χ4v) is 3.33. The summed E-state index contributed by atoms with van der Waals surface area (Å²) in [6, 6.07) is 1.56. The fourth-order valence-electron chi connectivity index (χ4n) is 2.61. The first kappa shape index (κ1) is 13.8. The van der Waals surface area contributed by atoms with Crippen LogP contribution in [-0.4, -0.2) is 30.8 Å². The minimum Gasteiger partial charge on any atom is -0.336 e. The Hall–Kier alpha value is -1.14. The van der Waals surface area contributed by atoms with E-state index in [2.05, 4.69) is 11.9 Å². The highest BCUT2D eigenvalue weighted by Crippen LogP contribution is 2.39. The molecule has 0 spiro atoms. The van der Waals surface area contributed by atoms with Crippen molar-refractivity contribution in [3.8, 4) is 0 Å². The minimum atomic E-state index is -3.75. The number of hydrogen-bond donors (Lipinski definition) is 0. The molecular formula is C13H15ClN2O3S. The van der Waals surface area contributed by atoms with E-state index in [-0.39, 0.29) is 16.7 Å².